The van der Waals surface area contributed by atoms with Crippen molar-refractivity contribution in [1.29, 1.82) is 0 Å². The first-order valence-corrected chi connectivity index (χ1v) is 11.7. The number of aryl methyl sites for hydroxylation is 2. The second-order valence-corrected chi connectivity index (χ2v) is 10.2. The van der Waals surface area contributed by atoms with E-state index >= 15 is 0 Å². The Morgan fingerprint density at radius 3 is 2.21 bits per heavy atom. The minimum absolute atomic E-state index is 0.107. The van der Waals surface area contributed by atoms with Gasteiger partial charge in [0.15, 0.2) is 5.58 Å². The van der Waals surface area contributed by atoms with Crippen LogP contribution in [0.1, 0.15) is 37.5 Å². The third kappa shape index (κ3) is 3.23. The molecule has 0 aliphatic heterocycles. The van der Waals surface area contributed by atoms with Crippen LogP contribution in [0.3, 0.4) is 0 Å². The molecule has 0 radical (unpaired) electrons. The van der Waals surface area contributed by atoms with Crippen molar-refractivity contribution in [2.24, 2.45) is 0 Å². The monoisotopic (exact) mass is 445 g/mol. The SMILES string of the molecule is Cc1cc(C(C)(C)C)cc(C)c1-c1cc2nc(-c3cccc4c3oc3ccccc34)ccc2o1. The zero-order valence-corrected chi connectivity index (χ0v) is 20.2. The average molecular weight is 446 g/mol. The molecule has 0 spiro atoms. The number of para-hydroxylation sites is 2. The molecular weight excluding hydrogens is 418 g/mol. The molecule has 3 aromatic heterocycles. The van der Waals surface area contributed by atoms with Gasteiger partial charge in [-0.1, -0.05) is 63.2 Å². The fraction of sp³-hybridized carbons (Fsp3) is 0.194. The first-order valence-electron chi connectivity index (χ1n) is 11.7. The Bertz CT molecular complexity index is 1690. The number of rotatable bonds is 2. The lowest BCUT2D eigenvalue weighted by Gasteiger charge is -2.21. The summed E-state index contributed by atoms with van der Waals surface area (Å²) in [4.78, 5) is 4.97. The molecule has 0 aliphatic carbocycles. The molecule has 34 heavy (non-hydrogen) atoms. The van der Waals surface area contributed by atoms with Gasteiger partial charge in [0, 0.05) is 28.0 Å². The number of aromatic nitrogens is 1. The molecule has 168 valence electrons. The van der Waals surface area contributed by atoms with Gasteiger partial charge in [0.05, 0.1) is 5.69 Å². The molecule has 6 aromatic rings. The van der Waals surface area contributed by atoms with Crippen LogP contribution in [0.2, 0.25) is 0 Å². The van der Waals surface area contributed by atoms with E-state index in [1.54, 1.807) is 0 Å². The molecular formula is C31H27NO2. The standard InChI is InChI=1S/C31H27NO2/c1-18-15-20(31(3,4)5)16-19(2)29(18)28-17-25-27(33-28)14-13-24(32-25)23-11-8-10-22-21-9-6-7-12-26(21)34-30(22)23/h6-17H,1-5H3. The van der Waals surface area contributed by atoms with Gasteiger partial charge in [0.1, 0.15) is 22.4 Å². The van der Waals surface area contributed by atoms with Crippen LogP contribution in [0, 0.1) is 13.8 Å². The summed E-state index contributed by atoms with van der Waals surface area (Å²) in [5, 5.41) is 2.23. The van der Waals surface area contributed by atoms with Gasteiger partial charge in [0.2, 0.25) is 0 Å². The van der Waals surface area contributed by atoms with Crippen LogP contribution in [0.25, 0.3) is 55.6 Å². The molecule has 0 amide bonds. The van der Waals surface area contributed by atoms with Gasteiger partial charge in [-0.2, -0.15) is 0 Å². The van der Waals surface area contributed by atoms with E-state index in [-0.39, 0.29) is 5.41 Å². The fourth-order valence-electron chi connectivity index (χ4n) is 4.93. The maximum Gasteiger partial charge on any atom is 0.153 e. The summed E-state index contributed by atoms with van der Waals surface area (Å²) in [5.74, 6) is 0.858. The van der Waals surface area contributed by atoms with Crippen LogP contribution in [0.15, 0.2) is 81.6 Å². The van der Waals surface area contributed by atoms with E-state index < -0.39 is 0 Å². The van der Waals surface area contributed by atoms with Crippen molar-refractivity contribution in [2.45, 2.75) is 40.0 Å². The Morgan fingerprint density at radius 1 is 0.706 bits per heavy atom. The minimum Gasteiger partial charge on any atom is -0.455 e. The molecule has 3 heteroatoms. The quantitative estimate of drug-likeness (QED) is 0.267. The van der Waals surface area contributed by atoms with Gasteiger partial charge in [-0.3, -0.25) is 0 Å². The first-order chi connectivity index (χ1) is 16.3. The van der Waals surface area contributed by atoms with Gasteiger partial charge in [-0.15, -0.1) is 0 Å². The molecule has 3 aromatic carbocycles. The van der Waals surface area contributed by atoms with Crippen molar-refractivity contribution in [1.82, 2.24) is 4.98 Å². The number of benzene rings is 3. The second kappa shape index (κ2) is 7.33. The largest absolute Gasteiger partial charge is 0.455 e. The minimum atomic E-state index is 0.107. The molecule has 3 nitrogen and oxygen atoms in total. The van der Waals surface area contributed by atoms with Crippen LogP contribution in [0.5, 0.6) is 0 Å². The molecule has 3 heterocycles. The Morgan fingerprint density at radius 2 is 1.44 bits per heavy atom. The molecule has 0 saturated heterocycles. The van der Waals surface area contributed by atoms with E-state index in [4.69, 9.17) is 13.8 Å². The van der Waals surface area contributed by atoms with E-state index in [1.807, 2.05) is 30.3 Å². The molecule has 0 bridgehead atoms. The highest BCUT2D eigenvalue weighted by molar-refractivity contribution is 6.09. The first kappa shape index (κ1) is 20.7. The summed E-state index contributed by atoms with van der Waals surface area (Å²) in [6, 6.07) is 25.0. The lowest BCUT2D eigenvalue weighted by molar-refractivity contribution is 0.588. The topological polar surface area (TPSA) is 39.2 Å². The summed E-state index contributed by atoms with van der Waals surface area (Å²) in [6.07, 6.45) is 0. The van der Waals surface area contributed by atoms with Crippen LogP contribution in [-0.2, 0) is 5.41 Å². The lowest BCUT2D eigenvalue weighted by atomic mass is 9.83. The van der Waals surface area contributed by atoms with Crippen molar-refractivity contribution in [3.63, 3.8) is 0 Å². The average Bonchev–Trinajstić information content (AvgIpc) is 3.38. The second-order valence-electron chi connectivity index (χ2n) is 10.2. The Kier molecular flexibility index (Phi) is 4.47. The molecule has 0 atom stereocenters. The number of hydrogen-bond donors (Lipinski definition) is 0. The Labute approximate surface area is 199 Å². The summed E-state index contributed by atoms with van der Waals surface area (Å²) < 4.78 is 12.5. The van der Waals surface area contributed by atoms with E-state index in [2.05, 4.69) is 77.1 Å². The van der Waals surface area contributed by atoms with Gasteiger partial charge < -0.3 is 8.83 Å². The highest BCUT2D eigenvalue weighted by Gasteiger charge is 2.19. The Hall–Kier alpha value is -3.85. The van der Waals surface area contributed by atoms with Crippen molar-refractivity contribution in [3.05, 3.63) is 89.5 Å². The van der Waals surface area contributed by atoms with Crippen LogP contribution >= 0.6 is 0 Å². The predicted octanol–water partition coefficient (Wildman–Crippen LogP) is 8.98. The van der Waals surface area contributed by atoms with Crippen molar-refractivity contribution in [2.75, 3.05) is 0 Å². The van der Waals surface area contributed by atoms with E-state index in [9.17, 15) is 0 Å². The van der Waals surface area contributed by atoms with Crippen molar-refractivity contribution >= 4 is 33.0 Å². The van der Waals surface area contributed by atoms with Gasteiger partial charge in [-0.05, 0) is 60.2 Å². The van der Waals surface area contributed by atoms with Crippen LogP contribution in [-0.4, -0.2) is 4.98 Å². The van der Waals surface area contributed by atoms with Crippen LogP contribution < -0.4 is 0 Å². The van der Waals surface area contributed by atoms with Gasteiger partial charge >= 0.3 is 0 Å². The number of furan rings is 2. The van der Waals surface area contributed by atoms with E-state index in [0.717, 1.165) is 55.6 Å². The maximum absolute atomic E-state index is 6.28. The van der Waals surface area contributed by atoms with Gasteiger partial charge in [0.25, 0.3) is 0 Å². The number of nitrogens with zero attached hydrogens (tertiary/aromatic N) is 1. The normalized spacial score (nSPS) is 12.3. The molecule has 0 aliphatic rings. The highest BCUT2D eigenvalue weighted by atomic mass is 16.3. The van der Waals surface area contributed by atoms with Crippen LogP contribution in [0.4, 0.5) is 0 Å². The number of hydrogen-bond acceptors (Lipinski definition) is 3. The molecule has 0 fully saturated rings. The predicted molar refractivity (Wildman–Crippen MR) is 140 cm³/mol. The number of fused-ring (bicyclic) bond motifs is 4. The fourth-order valence-corrected chi connectivity index (χ4v) is 4.93. The van der Waals surface area contributed by atoms with Crippen molar-refractivity contribution in [3.8, 4) is 22.6 Å². The van der Waals surface area contributed by atoms with E-state index in [1.165, 1.54) is 16.7 Å². The summed E-state index contributed by atoms with van der Waals surface area (Å²) in [6.45, 7) is 11.1. The Balaban J connectivity index is 1.48. The molecule has 0 N–H and O–H groups in total. The zero-order valence-electron chi connectivity index (χ0n) is 20.2. The molecule has 0 saturated carbocycles. The molecule has 6 rings (SSSR count). The summed E-state index contributed by atoms with van der Waals surface area (Å²) in [5.41, 5.74) is 10.3. The van der Waals surface area contributed by atoms with E-state index in [0.29, 0.717) is 0 Å². The third-order valence-corrected chi connectivity index (χ3v) is 6.70. The maximum atomic E-state index is 6.28. The van der Waals surface area contributed by atoms with Crippen molar-refractivity contribution < 1.29 is 8.83 Å². The molecule has 0 unspecified atom stereocenters. The number of pyridine rings is 1. The lowest BCUT2D eigenvalue weighted by Crippen LogP contribution is -2.12. The summed E-state index contributed by atoms with van der Waals surface area (Å²) in [7, 11) is 0. The highest BCUT2D eigenvalue weighted by Crippen LogP contribution is 2.38. The van der Waals surface area contributed by atoms with Gasteiger partial charge in [-0.25, -0.2) is 4.98 Å². The third-order valence-electron chi connectivity index (χ3n) is 6.70. The zero-order chi connectivity index (χ0) is 23.6. The summed E-state index contributed by atoms with van der Waals surface area (Å²) >= 11 is 0. The smallest absolute Gasteiger partial charge is 0.153 e.